The Morgan fingerprint density at radius 1 is 1.12 bits per heavy atom. The molecule has 0 bridgehead atoms. The third-order valence-corrected chi connectivity index (χ3v) is 4.24. The van der Waals surface area contributed by atoms with E-state index in [1.54, 1.807) is 24.3 Å². The van der Waals surface area contributed by atoms with Crippen LogP contribution in [0.15, 0.2) is 48.5 Å². The van der Waals surface area contributed by atoms with Crippen molar-refractivity contribution < 1.29 is 9.59 Å². The van der Waals surface area contributed by atoms with Crippen molar-refractivity contribution >= 4 is 29.0 Å². The highest BCUT2D eigenvalue weighted by atomic mass is 35.5. The number of hydrogen-bond acceptors (Lipinski definition) is 4. The van der Waals surface area contributed by atoms with E-state index >= 15 is 0 Å². The molecule has 3 N–H and O–H groups in total. The molecule has 1 heterocycles. The number of hydrazine groups is 1. The van der Waals surface area contributed by atoms with E-state index in [2.05, 4.69) is 16.2 Å². The van der Waals surface area contributed by atoms with Gasteiger partial charge >= 0.3 is 0 Å². The van der Waals surface area contributed by atoms with Crippen LogP contribution in [0.25, 0.3) is 0 Å². The molecule has 6 heteroatoms. The number of Topliss-reactive ketones (excluding diaryl/α,β-unsaturated/α-hetero) is 1. The zero-order valence-electron chi connectivity index (χ0n) is 13.2. The lowest BCUT2D eigenvalue weighted by Crippen LogP contribution is -2.39. The molecule has 0 saturated carbocycles. The third-order valence-electron chi connectivity index (χ3n) is 4.01. The van der Waals surface area contributed by atoms with Crippen molar-refractivity contribution in [3.63, 3.8) is 0 Å². The van der Waals surface area contributed by atoms with Crippen molar-refractivity contribution in [2.75, 3.05) is 5.32 Å². The van der Waals surface area contributed by atoms with Crippen LogP contribution in [0.2, 0.25) is 5.02 Å². The van der Waals surface area contributed by atoms with Gasteiger partial charge in [-0.3, -0.25) is 9.59 Å². The summed E-state index contributed by atoms with van der Waals surface area (Å²) in [5, 5.41) is 3.51. The molecule has 1 aliphatic heterocycles. The lowest BCUT2D eigenvalue weighted by Gasteiger charge is -2.11. The van der Waals surface area contributed by atoms with Crippen molar-refractivity contribution in [1.29, 1.82) is 0 Å². The fourth-order valence-electron chi connectivity index (χ4n) is 2.72. The van der Waals surface area contributed by atoms with Crippen LogP contribution in [0.4, 0.5) is 5.69 Å². The molecule has 1 amide bonds. The van der Waals surface area contributed by atoms with Crippen LogP contribution >= 0.6 is 11.6 Å². The quantitative estimate of drug-likeness (QED) is 0.746. The summed E-state index contributed by atoms with van der Waals surface area (Å²) in [6.45, 7) is 1.50. The average Bonchev–Trinajstić information content (AvgIpc) is 3.05. The summed E-state index contributed by atoms with van der Waals surface area (Å²) in [6, 6.07) is 14.1. The minimum absolute atomic E-state index is 0.0167. The zero-order valence-corrected chi connectivity index (χ0v) is 13.9. The van der Waals surface area contributed by atoms with E-state index in [1.165, 1.54) is 6.92 Å². The van der Waals surface area contributed by atoms with E-state index in [4.69, 9.17) is 11.6 Å². The molecule has 124 valence electrons. The van der Waals surface area contributed by atoms with E-state index in [1.807, 2.05) is 24.3 Å². The maximum atomic E-state index is 12.4. The van der Waals surface area contributed by atoms with Crippen molar-refractivity contribution in [3.05, 3.63) is 64.7 Å². The minimum atomic E-state index is -0.366. The Morgan fingerprint density at radius 2 is 1.92 bits per heavy atom. The Morgan fingerprint density at radius 3 is 2.67 bits per heavy atom. The average molecular weight is 344 g/mol. The van der Waals surface area contributed by atoms with E-state index in [0.717, 1.165) is 5.56 Å². The normalized spacial score (nSPS) is 19.9. The van der Waals surface area contributed by atoms with Gasteiger partial charge in [-0.25, -0.2) is 10.9 Å². The van der Waals surface area contributed by atoms with Crippen LogP contribution in [0.3, 0.4) is 0 Å². The number of carbonyl (C=O) groups is 2. The molecular formula is C18H18ClN3O2. The smallest absolute Gasteiger partial charge is 0.242 e. The molecule has 3 rings (SSSR count). The van der Waals surface area contributed by atoms with Gasteiger partial charge in [0, 0.05) is 22.3 Å². The fourth-order valence-corrected chi connectivity index (χ4v) is 2.91. The number of ketones is 1. The standard InChI is InChI=1S/C18H18ClN3O2/c1-11(23)12-4-3-7-15(9-12)20-18(24)17-10-16(21-22-17)13-5-2-6-14(19)8-13/h2-9,16-17,21-22H,10H2,1H3,(H,20,24). The molecule has 2 aromatic carbocycles. The molecule has 2 unspecified atom stereocenters. The van der Waals surface area contributed by atoms with Gasteiger partial charge in [-0.15, -0.1) is 0 Å². The Kier molecular flexibility index (Phi) is 4.94. The molecule has 1 saturated heterocycles. The molecule has 0 aromatic heterocycles. The first-order chi connectivity index (χ1) is 11.5. The van der Waals surface area contributed by atoms with Gasteiger partial charge in [-0.1, -0.05) is 35.9 Å². The second-order valence-corrected chi connectivity index (χ2v) is 6.25. The summed E-state index contributed by atoms with van der Waals surface area (Å²) in [5.74, 6) is -0.180. The van der Waals surface area contributed by atoms with Gasteiger partial charge in [0.05, 0.1) is 0 Å². The summed E-state index contributed by atoms with van der Waals surface area (Å²) in [4.78, 5) is 23.8. The van der Waals surface area contributed by atoms with Gasteiger partial charge in [0.2, 0.25) is 5.91 Å². The SMILES string of the molecule is CC(=O)c1cccc(NC(=O)C2CC(c3cccc(Cl)c3)NN2)c1. The first-order valence-corrected chi connectivity index (χ1v) is 8.09. The van der Waals surface area contributed by atoms with E-state index in [-0.39, 0.29) is 23.8 Å². The zero-order chi connectivity index (χ0) is 17.1. The number of nitrogens with one attached hydrogen (secondary N) is 3. The molecule has 1 fully saturated rings. The molecule has 2 atom stereocenters. The number of carbonyl (C=O) groups excluding carboxylic acids is 2. The lowest BCUT2D eigenvalue weighted by molar-refractivity contribution is -0.117. The number of amides is 1. The topological polar surface area (TPSA) is 70.2 Å². The highest BCUT2D eigenvalue weighted by Gasteiger charge is 2.30. The third kappa shape index (κ3) is 3.82. The maximum Gasteiger partial charge on any atom is 0.242 e. The van der Waals surface area contributed by atoms with Crippen LogP contribution in [0.1, 0.15) is 35.3 Å². The van der Waals surface area contributed by atoms with E-state index in [9.17, 15) is 9.59 Å². The molecule has 0 radical (unpaired) electrons. The molecule has 2 aromatic rings. The van der Waals surface area contributed by atoms with E-state index in [0.29, 0.717) is 22.7 Å². The highest BCUT2D eigenvalue weighted by Crippen LogP contribution is 2.25. The first-order valence-electron chi connectivity index (χ1n) is 7.71. The first kappa shape index (κ1) is 16.6. The Labute approximate surface area is 145 Å². The number of halogens is 1. The van der Waals surface area contributed by atoms with Crippen LogP contribution in [-0.2, 0) is 4.79 Å². The molecule has 24 heavy (non-hydrogen) atoms. The summed E-state index contributed by atoms with van der Waals surface area (Å²) in [6.07, 6.45) is 0.610. The number of benzene rings is 2. The molecule has 1 aliphatic rings. The van der Waals surface area contributed by atoms with E-state index < -0.39 is 0 Å². The van der Waals surface area contributed by atoms with Crippen LogP contribution in [0, 0.1) is 0 Å². The Hall–Kier alpha value is -2.21. The number of rotatable bonds is 4. The maximum absolute atomic E-state index is 12.4. The molecule has 5 nitrogen and oxygen atoms in total. The molecule has 0 spiro atoms. The molecular weight excluding hydrogens is 326 g/mol. The van der Waals surface area contributed by atoms with Crippen LogP contribution < -0.4 is 16.2 Å². The number of anilines is 1. The predicted molar refractivity (Wildman–Crippen MR) is 93.9 cm³/mol. The number of hydrogen-bond donors (Lipinski definition) is 3. The largest absolute Gasteiger partial charge is 0.325 e. The molecule has 0 aliphatic carbocycles. The van der Waals surface area contributed by atoms with Gasteiger partial charge < -0.3 is 5.32 Å². The second-order valence-electron chi connectivity index (χ2n) is 5.81. The van der Waals surface area contributed by atoms with Gasteiger partial charge in [0.25, 0.3) is 0 Å². The van der Waals surface area contributed by atoms with Gasteiger partial charge in [0.1, 0.15) is 6.04 Å². The fraction of sp³-hybridized carbons (Fsp3) is 0.222. The van der Waals surface area contributed by atoms with Gasteiger partial charge in [-0.05, 0) is 43.2 Å². The minimum Gasteiger partial charge on any atom is -0.325 e. The van der Waals surface area contributed by atoms with Gasteiger partial charge in [0.15, 0.2) is 5.78 Å². The second kappa shape index (κ2) is 7.13. The summed E-state index contributed by atoms with van der Waals surface area (Å²) >= 11 is 6.01. The summed E-state index contributed by atoms with van der Waals surface area (Å²) < 4.78 is 0. The van der Waals surface area contributed by atoms with Crippen molar-refractivity contribution in [2.24, 2.45) is 0 Å². The highest BCUT2D eigenvalue weighted by molar-refractivity contribution is 6.30. The van der Waals surface area contributed by atoms with Gasteiger partial charge in [-0.2, -0.15) is 0 Å². The summed E-state index contributed by atoms with van der Waals surface area (Å²) in [7, 11) is 0. The van der Waals surface area contributed by atoms with Crippen LogP contribution in [-0.4, -0.2) is 17.7 Å². The Balaban J connectivity index is 1.64. The lowest BCUT2D eigenvalue weighted by atomic mass is 10.0. The van der Waals surface area contributed by atoms with Crippen LogP contribution in [0.5, 0.6) is 0 Å². The predicted octanol–water partition coefficient (Wildman–Crippen LogP) is 3.09. The van der Waals surface area contributed by atoms with Crippen molar-refractivity contribution in [3.8, 4) is 0 Å². The monoisotopic (exact) mass is 343 g/mol. The summed E-state index contributed by atoms with van der Waals surface area (Å²) in [5.41, 5.74) is 8.35. The van der Waals surface area contributed by atoms with Crippen molar-refractivity contribution in [2.45, 2.75) is 25.4 Å². The van der Waals surface area contributed by atoms with Crippen molar-refractivity contribution in [1.82, 2.24) is 10.9 Å². The Bertz CT molecular complexity index is 778.